The third-order valence-corrected chi connectivity index (χ3v) is 2.54. The molecule has 3 nitrogen and oxygen atoms in total. The quantitative estimate of drug-likeness (QED) is 0.683. The van der Waals surface area contributed by atoms with Crippen molar-refractivity contribution in [3.8, 4) is 0 Å². The van der Waals surface area contributed by atoms with Gasteiger partial charge >= 0.3 is 0 Å². The van der Waals surface area contributed by atoms with Gasteiger partial charge in [0.2, 0.25) is 0 Å². The Morgan fingerprint density at radius 3 is 2.85 bits per heavy atom. The molecule has 1 aliphatic rings. The molecule has 2 N–H and O–H groups in total. The smallest absolute Gasteiger partial charge is 0.0700 e. The van der Waals surface area contributed by atoms with Gasteiger partial charge in [-0.1, -0.05) is 6.92 Å². The zero-order valence-corrected chi connectivity index (χ0v) is 8.62. The maximum Gasteiger partial charge on any atom is 0.0700 e. The lowest BCUT2D eigenvalue weighted by atomic mass is 10.0. The van der Waals surface area contributed by atoms with Crippen molar-refractivity contribution in [2.75, 3.05) is 19.8 Å². The summed E-state index contributed by atoms with van der Waals surface area (Å²) in [5, 5.41) is 12.2. The number of aliphatic hydroxyl groups is 1. The van der Waals surface area contributed by atoms with Gasteiger partial charge in [-0.2, -0.15) is 0 Å². The Labute approximate surface area is 80.5 Å². The molecular formula is C10H21NO2. The molecule has 0 radical (unpaired) electrons. The molecule has 1 aliphatic heterocycles. The van der Waals surface area contributed by atoms with E-state index in [-0.39, 0.29) is 12.5 Å². The highest BCUT2D eigenvalue weighted by Crippen LogP contribution is 2.11. The standard InChI is InChI=1S/C10H21NO2/c1-8(6-12)7-13-10-4-3-9(2)11-5-10/h8-12H,3-7H2,1-2H3. The van der Waals surface area contributed by atoms with Crippen LogP contribution in [-0.4, -0.2) is 37.0 Å². The minimum atomic E-state index is 0.219. The van der Waals surface area contributed by atoms with E-state index in [1.165, 1.54) is 6.42 Å². The Bertz CT molecular complexity index is 133. The number of nitrogens with one attached hydrogen (secondary N) is 1. The van der Waals surface area contributed by atoms with Crippen LogP contribution in [0, 0.1) is 5.92 Å². The lowest BCUT2D eigenvalue weighted by Gasteiger charge is -2.28. The monoisotopic (exact) mass is 187 g/mol. The average Bonchev–Trinajstić information content (AvgIpc) is 2.16. The molecule has 0 aromatic rings. The van der Waals surface area contributed by atoms with Crippen molar-refractivity contribution in [3.05, 3.63) is 0 Å². The van der Waals surface area contributed by atoms with Crippen molar-refractivity contribution in [3.63, 3.8) is 0 Å². The van der Waals surface area contributed by atoms with Crippen LogP contribution in [0.3, 0.4) is 0 Å². The van der Waals surface area contributed by atoms with Crippen molar-refractivity contribution in [2.24, 2.45) is 5.92 Å². The second-order valence-corrected chi connectivity index (χ2v) is 4.13. The summed E-state index contributed by atoms with van der Waals surface area (Å²) in [4.78, 5) is 0. The molecule has 3 heteroatoms. The first-order valence-electron chi connectivity index (χ1n) is 5.18. The van der Waals surface area contributed by atoms with Crippen molar-refractivity contribution in [1.29, 1.82) is 0 Å². The Balaban J connectivity index is 2.08. The second-order valence-electron chi connectivity index (χ2n) is 4.13. The highest BCUT2D eigenvalue weighted by atomic mass is 16.5. The van der Waals surface area contributed by atoms with Crippen LogP contribution < -0.4 is 5.32 Å². The maximum atomic E-state index is 8.81. The van der Waals surface area contributed by atoms with Crippen LogP contribution in [0.4, 0.5) is 0 Å². The first-order valence-corrected chi connectivity index (χ1v) is 5.18. The van der Waals surface area contributed by atoms with E-state index in [0.29, 0.717) is 18.8 Å². The second kappa shape index (κ2) is 5.58. The summed E-state index contributed by atoms with van der Waals surface area (Å²) in [6.45, 7) is 6.05. The van der Waals surface area contributed by atoms with E-state index in [0.717, 1.165) is 13.0 Å². The van der Waals surface area contributed by atoms with Crippen LogP contribution in [-0.2, 0) is 4.74 Å². The van der Waals surface area contributed by atoms with Crippen LogP contribution in [0.25, 0.3) is 0 Å². The molecule has 1 saturated heterocycles. The van der Waals surface area contributed by atoms with Gasteiger partial charge in [0.1, 0.15) is 0 Å². The van der Waals surface area contributed by atoms with E-state index in [1.807, 2.05) is 6.92 Å². The molecule has 0 aromatic heterocycles. The van der Waals surface area contributed by atoms with Crippen LogP contribution in [0.2, 0.25) is 0 Å². The third kappa shape index (κ3) is 4.07. The molecule has 78 valence electrons. The van der Waals surface area contributed by atoms with E-state index in [9.17, 15) is 0 Å². The number of hydrogen-bond acceptors (Lipinski definition) is 3. The number of piperidine rings is 1. The Morgan fingerprint density at radius 1 is 1.54 bits per heavy atom. The minimum absolute atomic E-state index is 0.219. The number of aliphatic hydroxyl groups excluding tert-OH is 1. The molecule has 1 fully saturated rings. The molecule has 3 unspecified atom stereocenters. The molecule has 0 amide bonds. The summed E-state index contributed by atoms with van der Waals surface area (Å²) in [7, 11) is 0. The average molecular weight is 187 g/mol. The lowest BCUT2D eigenvalue weighted by molar-refractivity contribution is 0.00329. The first-order chi connectivity index (χ1) is 6.22. The van der Waals surface area contributed by atoms with Crippen molar-refractivity contribution in [2.45, 2.75) is 38.8 Å². The molecule has 0 saturated carbocycles. The van der Waals surface area contributed by atoms with Gasteiger partial charge in [-0.05, 0) is 19.8 Å². The Kier molecular flexibility index (Phi) is 4.70. The number of rotatable bonds is 4. The van der Waals surface area contributed by atoms with Crippen LogP contribution in [0.5, 0.6) is 0 Å². The largest absolute Gasteiger partial charge is 0.396 e. The SMILES string of the molecule is CC(CO)COC1CCC(C)NC1. The van der Waals surface area contributed by atoms with Crippen LogP contribution in [0.1, 0.15) is 26.7 Å². The molecule has 0 aromatic carbocycles. The Morgan fingerprint density at radius 2 is 2.31 bits per heavy atom. The van der Waals surface area contributed by atoms with Gasteiger partial charge in [-0.15, -0.1) is 0 Å². The fourth-order valence-corrected chi connectivity index (χ4v) is 1.47. The van der Waals surface area contributed by atoms with E-state index >= 15 is 0 Å². The zero-order valence-electron chi connectivity index (χ0n) is 8.62. The van der Waals surface area contributed by atoms with Crippen molar-refractivity contribution < 1.29 is 9.84 Å². The van der Waals surface area contributed by atoms with Gasteiger partial charge in [0.05, 0.1) is 12.7 Å². The predicted molar refractivity (Wildman–Crippen MR) is 52.7 cm³/mol. The van der Waals surface area contributed by atoms with Crippen LogP contribution >= 0.6 is 0 Å². The van der Waals surface area contributed by atoms with Gasteiger partial charge in [-0.25, -0.2) is 0 Å². The molecule has 0 aliphatic carbocycles. The summed E-state index contributed by atoms with van der Waals surface area (Å²) in [6, 6.07) is 0.634. The van der Waals surface area contributed by atoms with E-state index in [2.05, 4.69) is 12.2 Å². The van der Waals surface area contributed by atoms with Crippen molar-refractivity contribution >= 4 is 0 Å². The highest BCUT2D eigenvalue weighted by molar-refractivity contribution is 4.75. The van der Waals surface area contributed by atoms with Crippen LogP contribution in [0.15, 0.2) is 0 Å². The lowest BCUT2D eigenvalue weighted by Crippen LogP contribution is -2.41. The summed E-state index contributed by atoms with van der Waals surface area (Å²) in [6.07, 6.45) is 2.69. The van der Waals surface area contributed by atoms with Crippen molar-refractivity contribution in [1.82, 2.24) is 5.32 Å². The predicted octanol–water partition coefficient (Wildman–Crippen LogP) is 0.772. The fourth-order valence-electron chi connectivity index (χ4n) is 1.47. The summed E-state index contributed by atoms with van der Waals surface area (Å²) < 4.78 is 5.66. The Hall–Kier alpha value is -0.120. The first kappa shape index (κ1) is 11.0. The van der Waals surface area contributed by atoms with Gasteiger partial charge in [0, 0.05) is 25.1 Å². The summed E-state index contributed by atoms with van der Waals surface area (Å²) >= 11 is 0. The van der Waals surface area contributed by atoms with Gasteiger partial charge in [0.15, 0.2) is 0 Å². The molecular weight excluding hydrogens is 166 g/mol. The van der Waals surface area contributed by atoms with E-state index in [4.69, 9.17) is 9.84 Å². The van der Waals surface area contributed by atoms with E-state index < -0.39 is 0 Å². The maximum absolute atomic E-state index is 8.81. The van der Waals surface area contributed by atoms with Gasteiger partial charge < -0.3 is 15.2 Å². The van der Waals surface area contributed by atoms with Gasteiger partial charge in [0.25, 0.3) is 0 Å². The molecule has 0 bridgehead atoms. The highest BCUT2D eigenvalue weighted by Gasteiger charge is 2.18. The summed E-state index contributed by atoms with van der Waals surface area (Å²) in [5.41, 5.74) is 0. The fraction of sp³-hybridized carbons (Fsp3) is 1.00. The van der Waals surface area contributed by atoms with Gasteiger partial charge in [-0.3, -0.25) is 0 Å². The number of hydrogen-bond donors (Lipinski definition) is 2. The summed E-state index contributed by atoms with van der Waals surface area (Å²) in [5.74, 6) is 0.263. The topological polar surface area (TPSA) is 41.5 Å². The molecule has 13 heavy (non-hydrogen) atoms. The zero-order chi connectivity index (χ0) is 9.68. The third-order valence-electron chi connectivity index (χ3n) is 2.54. The normalized spacial score (nSPS) is 31.6. The molecule has 1 rings (SSSR count). The van der Waals surface area contributed by atoms with E-state index in [1.54, 1.807) is 0 Å². The molecule has 1 heterocycles. The minimum Gasteiger partial charge on any atom is -0.396 e. The number of ether oxygens (including phenoxy) is 1. The molecule has 0 spiro atoms. The molecule has 3 atom stereocenters.